The van der Waals surface area contributed by atoms with Gasteiger partial charge in [0.2, 0.25) is 0 Å². The van der Waals surface area contributed by atoms with E-state index in [4.69, 9.17) is 9.05 Å². The van der Waals surface area contributed by atoms with Crippen LogP contribution in [-0.2, 0) is 15.6 Å². The number of rotatable bonds is 7. The molecule has 1 aliphatic heterocycles. The molecular weight excluding hydrogens is 443 g/mol. The van der Waals surface area contributed by atoms with E-state index in [-0.39, 0.29) is 0 Å². The fraction of sp³-hybridized carbons (Fsp3) is 0.214. The van der Waals surface area contributed by atoms with Gasteiger partial charge in [0.1, 0.15) is 11.5 Å². The van der Waals surface area contributed by atoms with Gasteiger partial charge in [0, 0.05) is 29.1 Å². The Morgan fingerprint density at radius 2 is 1.62 bits per heavy atom. The first-order valence-electron chi connectivity index (χ1n) is 11.5. The minimum atomic E-state index is -3.74. The molecule has 0 amide bonds. The molecule has 34 heavy (non-hydrogen) atoms. The lowest BCUT2D eigenvalue weighted by Crippen LogP contribution is -2.28. The van der Waals surface area contributed by atoms with E-state index < -0.39 is 7.75 Å². The number of hydrogen-bond donors (Lipinski definition) is 1. The summed E-state index contributed by atoms with van der Waals surface area (Å²) < 4.78 is 28.4. The number of nitrogens with zero attached hydrogens (tertiary/aromatic N) is 1. The van der Waals surface area contributed by atoms with E-state index >= 15 is 0 Å². The van der Waals surface area contributed by atoms with E-state index in [1.165, 1.54) is 5.56 Å². The van der Waals surface area contributed by atoms with E-state index in [1.807, 2.05) is 93.6 Å². The maximum absolute atomic E-state index is 14.3. The van der Waals surface area contributed by atoms with E-state index in [0.717, 1.165) is 28.1 Å². The van der Waals surface area contributed by atoms with Crippen molar-refractivity contribution in [2.75, 3.05) is 16.5 Å². The molecule has 0 saturated carbocycles. The highest BCUT2D eigenvalue weighted by Crippen LogP contribution is 2.60. The summed E-state index contributed by atoms with van der Waals surface area (Å²) in [6.45, 7) is 8.88. The van der Waals surface area contributed by atoms with Gasteiger partial charge < -0.3 is 14.4 Å². The van der Waals surface area contributed by atoms with Crippen LogP contribution < -0.4 is 14.5 Å². The van der Waals surface area contributed by atoms with Crippen molar-refractivity contribution in [1.82, 2.24) is 0 Å². The molecule has 176 valence electrons. The number of para-hydroxylation sites is 1. The van der Waals surface area contributed by atoms with Crippen molar-refractivity contribution < 1.29 is 13.6 Å². The number of allylic oxidation sites excluding steroid dienone is 2. The lowest BCUT2D eigenvalue weighted by atomic mass is 10.2. The molecule has 0 aromatic heterocycles. The number of fused-ring (bicyclic) bond motifs is 1. The Bertz CT molecular complexity index is 1250. The predicted molar refractivity (Wildman–Crippen MR) is 140 cm³/mol. The molecule has 3 aromatic rings. The zero-order chi connectivity index (χ0) is 24.1. The van der Waals surface area contributed by atoms with Crippen LogP contribution in [0.2, 0.25) is 0 Å². The molecule has 0 fully saturated rings. The normalized spacial score (nSPS) is 18.2. The first-order valence-corrected chi connectivity index (χ1v) is 13.0. The minimum Gasteiger partial charge on any atom is -0.400 e. The highest BCUT2D eigenvalue weighted by molar-refractivity contribution is 7.56. The molecule has 5 nitrogen and oxygen atoms in total. The van der Waals surface area contributed by atoms with E-state index in [9.17, 15) is 4.57 Å². The van der Waals surface area contributed by atoms with Crippen molar-refractivity contribution in [3.63, 3.8) is 0 Å². The number of hydrogen-bond acceptors (Lipinski definition) is 4. The summed E-state index contributed by atoms with van der Waals surface area (Å²) in [5.41, 5.74) is 6.00. The van der Waals surface area contributed by atoms with Crippen molar-refractivity contribution in [3.8, 4) is 5.75 Å². The summed E-state index contributed by atoms with van der Waals surface area (Å²) >= 11 is 0. The Kier molecular flexibility index (Phi) is 7.14. The summed E-state index contributed by atoms with van der Waals surface area (Å²) in [5, 5.41) is 3.42. The van der Waals surface area contributed by atoms with Crippen molar-refractivity contribution in [2.45, 2.75) is 34.2 Å². The smallest absolute Gasteiger partial charge is 0.400 e. The Balaban J connectivity index is 1.61. The number of benzene rings is 3. The molecule has 3 aromatic carbocycles. The largest absolute Gasteiger partial charge is 0.544 e. The molecule has 4 rings (SSSR count). The third kappa shape index (κ3) is 5.21. The molecule has 0 saturated heterocycles. The molecule has 1 N–H and O–H groups in total. The quantitative estimate of drug-likeness (QED) is 0.215. The number of nitrogens with one attached hydrogen (secondary N) is 1. The second kappa shape index (κ2) is 10.2. The molecular formula is C28H31N2O3P. The predicted octanol–water partition coefficient (Wildman–Crippen LogP) is 7.79. The van der Waals surface area contributed by atoms with Gasteiger partial charge in [-0.25, -0.2) is 4.57 Å². The fourth-order valence-electron chi connectivity index (χ4n) is 3.78. The summed E-state index contributed by atoms with van der Waals surface area (Å²) in [4.78, 5) is 0. The SMILES string of the molecule is C/C=C(CNc1ccc(C)cc1)\C(=C/C)OP1(=O)Oc2ccccc2CN1c1ccc(C)cc1. The standard InChI is InChI=1S/C28H31N2O3P/c1-5-23(19-29-25-15-11-21(3)12-16-25)27(6-2)32-34(31)30(26-17-13-22(4)14-18-26)20-24-9-7-8-10-28(24)33-34/h5-18,29H,19-20H2,1-4H3/b23-5-,27-6+. The van der Waals surface area contributed by atoms with Crippen molar-refractivity contribution in [1.29, 1.82) is 0 Å². The van der Waals surface area contributed by atoms with Crippen molar-refractivity contribution in [2.24, 2.45) is 0 Å². The lowest BCUT2D eigenvalue weighted by molar-refractivity contribution is 0.322. The van der Waals surface area contributed by atoms with Crippen molar-refractivity contribution in [3.05, 3.63) is 113 Å². The van der Waals surface area contributed by atoms with Gasteiger partial charge in [-0.2, -0.15) is 0 Å². The van der Waals surface area contributed by atoms with Crippen LogP contribution in [0, 0.1) is 13.8 Å². The summed E-state index contributed by atoms with van der Waals surface area (Å²) in [5.74, 6) is 1.12. The Morgan fingerprint density at radius 1 is 0.971 bits per heavy atom. The summed E-state index contributed by atoms with van der Waals surface area (Å²) in [6.07, 6.45) is 3.81. The summed E-state index contributed by atoms with van der Waals surface area (Å²) in [7, 11) is -3.74. The molecule has 0 spiro atoms. The van der Waals surface area contributed by atoms with Crippen LogP contribution in [0.3, 0.4) is 0 Å². The van der Waals surface area contributed by atoms with Crippen molar-refractivity contribution >= 4 is 19.1 Å². The molecule has 0 radical (unpaired) electrons. The highest BCUT2D eigenvalue weighted by atomic mass is 31.2. The maximum atomic E-state index is 14.3. The second-order valence-electron chi connectivity index (χ2n) is 8.34. The highest BCUT2D eigenvalue weighted by Gasteiger charge is 2.42. The van der Waals surface area contributed by atoms with Gasteiger partial charge in [-0.05, 0) is 64.1 Å². The third-order valence-corrected chi connectivity index (χ3v) is 7.63. The zero-order valence-electron chi connectivity index (χ0n) is 20.1. The molecule has 1 heterocycles. The van der Waals surface area contributed by atoms with Gasteiger partial charge >= 0.3 is 7.75 Å². The van der Waals surface area contributed by atoms with Crippen LogP contribution in [0.5, 0.6) is 5.75 Å². The average Bonchev–Trinajstić information content (AvgIpc) is 2.85. The third-order valence-electron chi connectivity index (χ3n) is 5.81. The Hall–Kier alpha value is -3.43. The van der Waals surface area contributed by atoms with Gasteiger partial charge in [-0.1, -0.05) is 59.7 Å². The first-order chi connectivity index (χ1) is 16.4. The second-order valence-corrected chi connectivity index (χ2v) is 10.1. The van der Waals surface area contributed by atoms with E-state index in [0.29, 0.717) is 24.6 Å². The van der Waals surface area contributed by atoms with Gasteiger partial charge in [-0.3, -0.25) is 4.67 Å². The van der Waals surface area contributed by atoms with E-state index in [2.05, 4.69) is 24.4 Å². The van der Waals surface area contributed by atoms with Crippen LogP contribution in [0.4, 0.5) is 11.4 Å². The van der Waals surface area contributed by atoms with E-state index in [1.54, 1.807) is 4.67 Å². The number of aryl methyl sites for hydroxylation is 2. The lowest BCUT2D eigenvalue weighted by Gasteiger charge is -2.36. The molecule has 1 atom stereocenters. The Morgan fingerprint density at radius 3 is 2.26 bits per heavy atom. The fourth-order valence-corrected chi connectivity index (χ4v) is 5.66. The molecule has 6 heteroatoms. The van der Waals surface area contributed by atoms with Crippen LogP contribution in [-0.4, -0.2) is 6.54 Å². The minimum absolute atomic E-state index is 0.431. The van der Waals surface area contributed by atoms with Crippen LogP contribution in [0.25, 0.3) is 0 Å². The van der Waals surface area contributed by atoms with Crippen LogP contribution >= 0.6 is 7.75 Å². The van der Waals surface area contributed by atoms with Crippen LogP contribution in [0.1, 0.15) is 30.5 Å². The number of anilines is 2. The van der Waals surface area contributed by atoms with Gasteiger partial charge in [-0.15, -0.1) is 0 Å². The van der Waals surface area contributed by atoms with Gasteiger partial charge in [0.25, 0.3) is 0 Å². The first kappa shape index (κ1) is 23.7. The molecule has 1 aliphatic rings. The Labute approximate surface area is 202 Å². The topological polar surface area (TPSA) is 50.8 Å². The van der Waals surface area contributed by atoms with Gasteiger partial charge in [0.05, 0.1) is 6.54 Å². The molecule has 0 aliphatic carbocycles. The summed E-state index contributed by atoms with van der Waals surface area (Å²) in [6, 6.07) is 23.8. The molecule has 1 unspecified atom stereocenters. The maximum Gasteiger partial charge on any atom is 0.544 e. The molecule has 0 bridgehead atoms. The zero-order valence-corrected chi connectivity index (χ0v) is 21.0. The van der Waals surface area contributed by atoms with Crippen LogP contribution in [0.15, 0.2) is 96.3 Å². The monoisotopic (exact) mass is 474 g/mol. The average molecular weight is 475 g/mol. The van der Waals surface area contributed by atoms with Gasteiger partial charge in [0.15, 0.2) is 0 Å².